The van der Waals surface area contributed by atoms with Crippen LogP contribution >= 0.6 is 23.2 Å². The summed E-state index contributed by atoms with van der Waals surface area (Å²) in [6, 6.07) is 12.6. The number of benzene rings is 2. The summed E-state index contributed by atoms with van der Waals surface area (Å²) in [7, 11) is 1.53. The second kappa shape index (κ2) is 6.51. The van der Waals surface area contributed by atoms with Crippen molar-refractivity contribution in [2.75, 3.05) is 7.11 Å². The van der Waals surface area contributed by atoms with Crippen molar-refractivity contribution in [3.05, 3.63) is 57.6 Å². The molecule has 0 aromatic heterocycles. The third-order valence-electron chi connectivity index (χ3n) is 2.69. The fourth-order valence-corrected chi connectivity index (χ4v) is 2.04. The molecule has 2 aromatic rings. The van der Waals surface area contributed by atoms with Gasteiger partial charge in [-0.05, 0) is 29.8 Å². The van der Waals surface area contributed by atoms with Crippen LogP contribution < -0.4 is 9.47 Å². The minimum absolute atomic E-state index is 0.290. The summed E-state index contributed by atoms with van der Waals surface area (Å²) in [6.45, 7) is 0.290. The van der Waals surface area contributed by atoms with E-state index >= 15 is 0 Å². The highest BCUT2D eigenvalue weighted by Gasteiger charge is 2.07. The van der Waals surface area contributed by atoms with Gasteiger partial charge in [-0.25, -0.2) is 0 Å². The molecule has 20 heavy (non-hydrogen) atoms. The van der Waals surface area contributed by atoms with Crippen LogP contribution in [0.4, 0.5) is 0 Å². The standard InChI is InChI=1S/C15H11Cl2NO2/c1-19-13-6-5-10(7-11(13)8-18)9-20-14-4-2-3-12(16)15(14)17/h2-7H,9H2,1H3. The molecule has 0 aliphatic heterocycles. The fraction of sp³-hybridized carbons (Fsp3) is 0.133. The van der Waals surface area contributed by atoms with E-state index in [1.54, 1.807) is 30.3 Å². The molecule has 0 saturated heterocycles. The molecule has 0 fully saturated rings. The van der Waals surface area contributed by atoms with Crippen LogP contribution in [0, 0.1) is 11.3 Å². The second-order valence-corrected chi connectivity index (χ2v) is 4.77. The topological polar surface area (TPSA) is 42.2 Å². The number of methoxy groups -OCH3 is 1. The van der Waals surface area contributed by atoms with E-state index in [9.17, 15) is 0 Å². The highest BCUT2D eigenvalue weighted by Crippen LogP contribution is 2.32. The van der Waals surface area contributed by atoms with Crippen molar-refractivity contribution in [3.63, 3.8) is 0 Å². The molecular formula is C15H11Cl2NO2. The smallest absolute Gasteiger partial charge is 0.139 e. The first-order valence-corrected chi connectivity index (χ1v) is 6.55. The third-order valence-corrected chi connectivity index (χ3v) is 3.50. The molecule has 102 valence electrons. The van der Waals surface area contributed by atoms with Gasteiger partial charge in [0.05, 0.1) is 17.7 Å². The molecule has 0 amide bonds. The molecule has 0 radical (unpaired) electrons. The normalized spacial score (nSPS) is 9.90. The SMILES string of the molecule is COc1ccc(COc2cccc(Cl)c2Cl)cc1C#N. The van der Waals surface area contributed by atoms with Crippen LogP contribution in [0.2, 0.25) is 10.0 Å². The number of nitrogens with zero attached hydrogens (tertiary/aromatic N) is 1. The van der Waals surface area contributed by atoms with Gasteiger partial charge in [-0.1, -0.05) is 35.3 Å². The van der Waals surface area contributed by atoms with Crippen molar-refractivity contribution in [3.8, 4) is 17.6 Å². The maximum Gasteiger partial charge on any atom is 0.139 e. The minimum atomic E-state index is 0.290. The summed E-state index contributed by atoms with van der Waals surface area (Å²) in [4.78, 5) is 0. The zero-order chi connectivity index (χ0) is 14.5. The maximum absolute atomic E-state index is 9.03. The Hall–Kier alpha value is -1.89. The van der Waals surface area contributed by atoms with Gasteiger partial charge in [0, 0.05) is 0 Å². The van der Waals surface area contributed by atoms with Crippen molar-refractivity contribution in [2.45, 2.75) is 6.61 Å². The molecule has 0 N–H and O–H groups in total. The van der Waals surface area contributed by atoms with E-state index in [1.807, 2.05) is 6.07 Å². The van der Waals surface area contributed by atoms with Crippen LogP contribution in [-0.4, -0.2) is 7.11 Å². The van der Waals surface area contributed by atoms with Crippen LogP contribution in [0.5, 0.6) is 11.5 Å². The Morgan fingerprint density at radius 3 is 2.65 bits per heavy atom. The zero-order valence-corrected chi connectivity index (χ0v) is 12.2. The summed E-state index contributed by atoms with van der Waals surface area (Å²) >= 11 is 11.9. The average Bonchev–Trinajstić information content (AvgIpc) is 2.48. The van der Waals surface area contributed by atoms with Gasteiger partial charge in [0.25, 0.3) is 0 Å². The molecule has 0 spiro atoms. The number of rotatable bonds is 4. The molecule has 0 saturated carbocycles. The van der Waals surface area contributed by atoms with E-state index in [1.165, 1.54) is 7.11 Å². The first-order valence-electron chi connectivity index (χ1n) is 5.79. The van der Waals surface area contributed by atoms with E-state index in [0.717, 1.165) is 5.56 Å². The Morgan fingerprint density at radius 1 is 1.15 bits per heavy atom. The van der Waals surface area contributed by atoms with Gasteiger partial charge >= 0.3 is 0 Å². The van der Waals surface area contributed by atoms with Crippen molar-refractivity contribution in [1.82, 2.24) is 0 Å². The quantitative estimate of drug-likeness (QED) is 0.838. The van der Waals surface area contributed by atoms with Crippen molar-refractivity contribution >= 4 is 23.2 Å². The summed E-state index contributed by atoms with van der Waals surface area (Å²) in [5, 5.41) is 9.85. The van der Waals surface area contributed by atoms with E-state index in [2.05, 4.69) is 6.07 Å². The van der Waals surface area contributed by atoms with Crippen LogP contribution in [0.3, 0.4) is 0 Å². The van der Waals surface area contributed by atoms with Gasteiger partial charge in [-0.15, -0.1) is 0 Å². The number of nitriles is 1. The van der Waals surface area contributed by atoms with Crippen LogP contribution in [0.1, 0.15) is 11.1 Å². The predicted octanol–water partition coefficient (Wildman–Crippen LogP) is 4.45. The Labute approximate surface area is 127 Å². The highest BCUT2D eigenvalue weighted by atomic mass is 35.5. The molecule has 0 heterocycles. The van der Waals surface area contributed by atoms with Crippen LogP contribution in [0.15, 0.2) is 36.4 Å². The molecule has 2 rings (SSSR count). The van der Waals surface area contributed by atoms with Gasteiger partial charge in [0.1, 0.15) is 29.2 Å². The summed E-state index contributed by atoms with van der Waals surface area (Å²) in [5.41, 5.74) is 1.31. The monoisotopic (exact) mass is 307 g/mol. The van der Waals surface area contributed by atoms with Gasteiger partial charge in [-0.3, -0.25) is 0 Å². The first kappa shape index (κ1) is 14.5. The third kappa shape index (κ3) is 3.16. The van der Waals surface area contributed by atoms with E-state index in [0.29, 0.717) is 33.7 Å². The lowest BCUT2D eigenvalue weighted by atomic mass is 10.1. The lowest BCUT2D eigenvalue weighted by molar-refractivity contribution is 0.306. The van der Waals surface area contributed by atoms with Gasteiger partial charge < -0.3 is 9.47 Å². The highest BCUT2D eigenvalue weighted by molar-refractivity contribution is 6.42. The number of hydrogen-bond acceptors (Lipinski definition) is 3. The number of halogens is 2. The molecule has 2 aromatic carbocycles. The Kier molecular flexibility index (Phi) is 4.73. The first-order chi connectivity index (χ1) is 9.65. The summed E-state index contributed by atoms with van der Waals surface area (Å²) in [6.07, 6.45) is 0. The van der Waals surface area contributed by atoms with E-state index in [4.69, 9.17) is 37.9 Å². The van der Waals surface area contributed by atoms with Gasteiger partial charge in [-0.2, -0.15) is 5.26 Å². The number of hydrogen-bond donors (Lipinski definition) is 0. The van der Waals surface area contributed by atoms with E-state index in [-0.39, 0.29) is 0 Å². The van der Waals surface area contributed by atoms with Crippen LogP contribution in [0.25, 0.3) is 0 Å². The lowest BCUT2D eigenvalue weighted by Crippen LogP contribution is -1.98. The number of ether oxygens (including phenoxy) is 2. The summed E-state index contributed by atoms with van der Waals surface area (Å²) in [5.74, 6) is 1.05. The lowest BCUT2D eigenvalue weighted by Gasteiger charge is -2.10. The molecule has 0 bridgehead atoms. The van der Waals surface area contributed by atoms with Crippen LogP contribution in [-0.2, 0) is 6.61 Å². The summed E-state index contributed by atoms with van der Waals surface area (Å²) < 4.78 is 10.7. The Morgan fingerprint density at radius 2 is 1.95 bits per heavy atom. The zero-order valence-electron chi connectivity index (χ0n) is 10.7. The van der Waals surface area contributed by atoms with Crippen molar-refractivity contribution < 1.29 is 9.47 Å². The average molecular weight is 308 g/mol. The molecule has 0 aliphatic rings. The minimum Gasteiger partial charge on any atom is -0.495 e. The Balaban J connectivity index is 2.15. The van der Waals surface area contributed by atoms with Crippen molar-refractivity contribution in [1.29, 1.82) is 5.26 Å². The molecule has 0 unspecified atom stereocenters. The van der Waals surface area contributed by atoms with Crippen molar-refractivity contribution in [2.24, 2.45) is 0 Å². The molecule has 0 aliphatic carbocycles. The van der Waals surface area contributed by atoms with E-state index < -0.39 is 0 Å². The second-order valence-electron chi connectivity index (χ2n) is 3.99. The molecule has 0 atom stereocenters. The Bertz CT molecular complexity index is 665. The fourth-order valence-electron chi connectivity index (χ4n) is 1.69. The molecular weight excluding hydrogens is 297 g/mol. The van der Waals surface area contributed by atoms with Gasteiger partial charge in [0.2, 0.25) is 0 Å². The van der Waals surface area contributed by atoms with Gasteiger partial charge in [0.15, 0.2) is 0 Å². The predicted molar refractivity (Wildman–Crippen MR) is 78.5 cm³/mol. The maximum atomic E-state index is 9.03. The largest absolute Gasteiger partial charge is 0.495 e. The molecule has 3 nitrogen and oxygen atoms in total. The molecule has 5 heteroatoms.